The van der Waals surface area contributed by atoms with Crippen LogP contribution in [0.1, 0.15) is 41.1 Å². The largest absolute Gasteiger partial charge is 0.495 e. The molecule has 2 aliphatic heterocycles. The van der Waals surface area contributed by atoms with E-state index in [2.05, 4.69) is 34.8 Å². The molecule has 6 nitrogen and oxygen atoms in total. The van der Waals surface area contributed by atoms with Crippen LogP contribution >= 0.6 is 0 Å². The van der Waals surface area contributed by atoms with Gasteiger partial charge in [0.25, 0.3) is 0 Å². The smallest absolute Gasteiger partial charge is 0.210 e. The van der Waals surface area contributed by atoms with Gasteiger partial charge in [-0.2, -0.15) is 0 Å². The van der Waals surface area contributed by atoms with Crippen LogP contribution in [0.15, 0.2) is 64.5 Å². The Labute approximate surface area is 214 Å². The lowest BCUT2D eigenvalue weighted by molar-refractivity contribution is 0.352. The molecule has 0 bridgehead atoms. The number of sulfone groups is 1. The zero-order valence-corrected chi connectivity index (χ0v) is 22.2. The van der Waals surface area contributed by atoms with Crippen molar-refractivity contribution in [2.45, 2.75) is 48.3 Å². The third-order valence-electron chi connectivity index (χ3n) is 7.74. The third kappa shape index (κ3) is 4.87. The molecular weight excluding hydrogens is 470 g/mol. The molecule has 3 aromatic rings. The molecule has 36 heavy (non-hydrogen) atoms. The van der Waals surface area contributed by atoms with Crippen molar-refractivity contribution >= 4 is 15.5 Å². The summed E-state index contributed by atoms with van der Waals surface area (Å²) in [6.07, 6.45) is 5.70. The first-order valence-corrected chi connectivity index (χ1v) is 14.2. The van der Waals surface area contributed by atoms with Crippen molar-refractivity contribution in [3.8, 4) is 5.75 Å². The van der Waals surface area contributed by atoms with E-state index in [9.17, 15) is 8.42 Å². The second-order valence-electron chi connectivity index (χ2n) is 10.0. The zero-order chi connectivity index (χ0) is 25.3. The SMILES string of the molecule is COc1cc2c(cc1S(=O)(=O)c1ccc(N3CCC(c4ncccc4C)CC3)cc1)CCN(C)CC2. The maximum atomic E-state index is 13.7. The average Bonchev–Trinajstić information content (AvgIpc) is 3.09. The van der Waals surface area contributed by atoms with Gasteiger partial charge in [0.2, 0.25) is 9.84 Å². The number of piperidine rings is 1. The monoisotopic (exact) mass is 505 g/mol. The molecule has 5 rings (SSSR count). The summed E-state index contributed by atoms with van der Waals surface area (Å²) in [5.74, 6) is 0.900. The summed E-state index contributed by atoms with van der Waals surface area (Å²) in [6, 6.07) is 15.2. The molecule has 0 aliphatic carbocycles. The number of aromatic nitrogens is 1. The molecule has 0 saturated carbocycles. The fraction of sp³-hybridized carbons (Fsp3) is 0.414. The van der Waals surface area contributed by atoms with Gasteiger partial charge in [-0.05, 0) is 98.8 Å². The van der Waals surface area contributed by atoms with E-state index in [0.29, 0.717) is 16.6 Å². The molecule has 0 atom stereocenters. The van der Waals surface area contributed by atoms with Gasteiger partial charge < -0.3 is 14.5 Å². The summed E-state index contributed by atoms with van der Waals surface area (Å²) in [4.78, 5) is 9.79. The Hall–Kier alpha value is -2.90. The summed E-state index contributed by atoms with van der Waals surface area (Å²) in [5.41, 5.74) is 5.80. The summed E-state index contributed by atoms with van der Waals surface area (Å²) >= 11 is 0. The molecule has 1 saturated heterocycles. The lowest BCUT2D eigenvalue weighted by Crippen LogP contribution is -2.33. The zero-order valence-electron chi connectivity index (χ0n) is 21.4. The average molecular weight is 506 g/mol. The summed E-state index contributed by atoms with van der Waals surface area (Å²) in [7, 11) is -0.0571. The molecule has 0 amide bonds. The van der Waals surface area contributed by atoms with Crippen LogP contribution in [0.3, 0.4) is 0 Å². The van der Waals surface area contributed by atoms with Gasteiger partial charge in [-0.15, -0.1) is 0 Å². The molecule has 1 fully saturated rings. The van der Waals surface area contributed by atoms with Crippen molar-refractivity contribution in [1.29, 1.82) is 0 Å². The molecule has 2 aliphatic rings. The second-order valence-corrected chi connectivity index (χ2v) is 12.0. The Balaban J connectivity index is 1.34. The molecular formula is C29H35N3O3S. The fourth-order valence-electron chi connectivity index (χ4n) is 5.51. The van der Waals surface area contributed by atoms with Gasteiger partial charge in [-0.25, -0.2) is 8.42 Å². The lowest BCUT2D eigenvalue weighted by Gasteiger charge is -2.34. The van der Waals surface area contributed by atoms with Crippen molar-refractivity contribution in [2.75, 3.05) is 45.2 Å². The Morgan fingerprint density at radius 3 is 2.25 bits per heavy atom. The number of pyridine rings is 1. The minimum absolute atomic E-state index is 0.257. The van der Waals surface area contributed by atoms with Gasteiger partial charge >= 0.3 is 0 Å². The van der Waals surface area contributed by atoms with Crippen LogP contribution in [0.25, 0.3) is 0 Å². The van der Waals surface area contributed by atoms with E-state index in [1.165, 1.54) is 16.8 Å². The van der Waals surface area contributed by atoms with E-state index in [4.69, 9.17) is 4.74 Å². The number of fused-ring (bicyclic) bond motifs is 1. The summed E-state index contributed by atoms with van der Waals surface area (Å²) < 4.78 is 32.9. The van der Waals surface area contributed by atoms with E-state index in [0.717, 1.165) is 63.1 Å². The number of nitrogens with zero attached hydrogens (tertiary/aromatic N) is 3. The maximum absolute atomic E-state index is 13.7. The summed E-state index contributed by atoms with van der Waals surface area (Å²) in [6.45, 7) is 5.87. The number of methoxy groups -OCH3 is 1. The van der Waals surface area contributed by atoms with E-state index in [-0.39, 0.29) is 4.90 Å². The number of rotatable bonds is 5. The third-order valence-corrected chi connectivity index (χ3v) is 9.54. The molecule has 0 radical (unpaired) electrons. The first kappa shape index (κ1) is 24.8. The van der Waals surface area contributed by atoms with Crippen molar-refractivity contribution < 1.29 is 13.2 Å². The second kappa shape index (κ2) is 10.2. The summed E-state index contributed by atoms with van der Waals surface area (Å²) in [5, 5.41) is 0. The molecule has 190 valence electrons. The number of ether oxygens (including phenoxy) is 1. The van der Waals surface area contributed by atoms with E-state index in [1.54, 1.807) is 19.2 Å². The van der Waals surface area contributed by atoms with Crippen molar-refractivity contribution in [2.24, 2.45) is 0 Å². The minimum atomic E-state index is -3.70. The van der Waals surface area contributed by atoms with Gasteiger partial charge in [-0.1, -0.05) is 6.07 Å². The van der Waals surface area contributed by atoms with Crippen LogP contribution in [-0.4, -0.2) is 58.6 Å². The fourth-order valence-corrected chi connectivity index (χ4v) is 6.97. The highest BCUT2D eigenvalue weighted by Gasteiger charge is 2.27. The van der Waals surface area contributed by atoms with Gasteiger partial charge in [-0.3, -0.25) is 4.98 Å². The highest BCUT2D eigenvalue weighted by molar-refractivity contribution is 7.91. The van der Waals surface area contributed by atoms with Crippen LogP contribution in [0.5, 0.6) is 5.75 Å². The Kier molecular flexibility index (Phi) is 7.04. The number of likely N-dealkylation sites (N-methyl/N-ethyl adjacent to an activating group) is 1. The minimum Gasteiger partial charge on any atom is -0.495 e. The number of anilines is 1. The van der Waals surface area contributed by atoms with E-state index in [1.807, 2.05) is 36.5 Å². The lowest BCUT2D eigenvalue weighted by atomic mass is 9.90. The van der Waals surface area contributed by atoms with Crippen LogP contribution in [-0.2, 0) is 22.7 Å². The number of hydrogen-bond donors (Lipinski definition) is 0. The first-order chi connectivity index (χ1) is 17.4. The Bertz CT molecular complexity index is 1330. The molecule has 0 N–H and O–H groups in total. The Morgan fingerprint density at radius 1 is 0.944 bits per heavy atom. The highest BCUT2D eigenvalue weighted by atomic mass is 32.2. The van der Waals surface area contributed by atoms with Crippen molar-refractivity contribution in [3.63, 3.8) is 0 Å². The molecule has 7 heteroatoms. The predicted octanol–water partition coefficient (Wildman–Crippen LogP) is 4.65. The number of aryl methyl sites for hydroxylation is 1. The quantitative estimate of drug-likeness (QED) is 0.503. The van der Waals surface area contributed by atoms with Crippen LogP contribution < -0.4 is 9.64 Å². The van der Waals surface area contributed by atoms with Gasteiger partial charge in [0.15, 0.2) is 0 Å². The van der Waals surface area contributed by atoms with E-state index < -0.39 is 9.84 Å². The molecule has 3 heterocycles. The van der Waals surface area contributed by atoms with Crippen LogP contribution in [0, 0.1) is 6.92 Å². The maximum Gasteiger partial charge on any atom is 0.210 e. The van der Waals surface area contributed by atoms with Gasteiger partial charge in [0.05, 0.1) is 12.0 Å². The molecule has 1 aromatic heterocycles. The topological polar surface area (TPSA) is 62.7 Å². The highest BCUT2D eigenvalue weighted by Crippen LogP contribution is 2.35. The van der Waals surface area contributed by atoms with Crippen molar-refractivity contribution in [1.82, 2.24) is 9.88 Å². The Morgan fingerprint density at radius 2 is 1.61 bits per heavy atom. The van der Waals surface area contributed by atoms with Gasteiger partial charge in [0, 0.05) is 49.7 Å². The number of benzene rings is 2. The van der Waals surface area contributed by atoms with Crippen LogP contribution in [0.2, 0.25) is 0 Å². The molecule has 0 unspecified atom stereocenters. The predicted molar refractivity (Wildman–Crippen MR) is 143 cm³/mol. The molecule has 2 aromatic carbocycles. The normalized spacial score (nSPS) is 17.5. The van der Waals surface area contributed by atoms with Crippen molar-refractivity contribution in [3.05, 3.63) is 77.1 Å². The van der Waals surface area contributed by atoms with Crippen LogP contribution in [0.4, 0.5) is 5.69 Å². The van der Waals surface area contributed by atoms with Gasteiger partial charge in [0.1, 0.15) is 10.6 Å². The van der Waals surface area contributed by atoms with E-state index >= 15 is 0 Å². The standard InChI is InChI=1S/C29H35N3O3S/c1-21-5-4-14-30-29(21)22-12-17-32(18-13-22)25-6-8-26(9-7-25)36(33,34)28-20-24-11-16-31(2)15-10-23(24)19-27(28)35-3/h4-9,14,19-20,22H,10-13,15-18H2,1-3H3. The number of hydrogen-bond acceptors (Lipinski definition) is 6. The first-order valence-electron chi connectivity index (χ1n) is 12.8. The molecule has 0 spiro atoms.